The zero-order valence-electron chi connectivity index (χ0n) is 11.7. The van der Waals surface area contributed by atoms with Crippen molar-refractivity contribution in [1.29, 1.82) is 0 Å². The molecule has 108 valence electrons. The quantitative estimate of drug-likeness (QED) is 0.844. The molecule has 2 aromatic carbocycles. The van der Waals surface area contributed by atoms with Gasteiger partial charge in [0.2, 0.25) is 5.91 Å². The number of nitrogens with one attached hydrogen (secondary N) is 1. The van der Waals surface area contributed by atoms with Crippen molar-refractivity contribution in [3.8, 4) is 11.5 Å². The van der Waals surface area contributed by atoms with Gasteiger partial charge in [0, 0.05) is 0 Å². The minimum Gasteiger partial charge on any atom is -0.454 e. The average Bonchev–Trinajstić information content (AvgIpc) is 2.50. The molecule has 0 fully saturated rings. The van der Waals surface area contributed by atoms with Crippen LogP contribution in [0.25, 0.3) is 0 Å². The van der Waals surface area contributed by atoms with Crippen LogP contribution in [-0.4, -0.2) is 5.91 Å². The first-order chi connectivity index (χ1) is 10.1. The van der Waals surface area contributed by atoms with Gasteiger partial charge in [-0.05, 0) is 42.8 Å². The first-order valence-corrected chi connectivity index (χ1v) is 6.55. The summed E-state index contributed by atoms with van der Waals surface area (Å²) >= 11 is 0. The summed E-state index contributed by atoms with van der Waals surface area (Å²) in [6.45, 7) is 5.15. The van der Waals surface area contributed by atoms with E-state index in [1.807, 2.05) is 18.2 Å². The van der Waals surface area contributed by atoms with E-state index in [0.717, 1.165) is 0 Å². The number of halogens is 1. The lowest BCUT2D eigenvalue weighted by Gasteiger charge is -2.14. The van der Waals surface area contributed by atoms with Crippen molar-refractivity contribution >= 4 is 5.91 Å². The van der Waals surface area contributed by atoms with Crippen LogP contribution in [0.4, 0.5) is 4.39 Å². The molecule has 0 aliphatic rings. The van der Waals surface area contributed by atoms with Crippen molar-refractivity contribution < 1.29 is 13.9 Å². The Morgan fingerprint density at radius 3 is 2.62 bits per heavy atom. The highest BCUT2D eigenvalue weighted by Gasteiger charge is 2.11. The highest BCUT2D eigenvalue weighted by Crippen LogP contribution is 2.26. The monoisotopic (exact) mass is 285 g/mol. The number of para-hydroxylation sites is 1. The Hall–Kier alpha value is -2.62. The average molecular weight is 285 g/mol. The number of rotatable bonds is 5. The van der Waals surface area contributed by atoms with Gasteiger partial charge in [0.25, 0.3) is 0 Å². The Balaban J connectivity index is 2.14. The summed E-state index contributed by atoms with van der Waals surface area (Å²) in [6, 6.07) is 13.3. The Morgan fingerprint density at radius 1 is 1.29 bits per heavy atom. The lowest BCUT2D eigenvalue weighted by molar-refractivity contribution is -0.117. The minimum absolute atomic E-state index is 0.146. The van der Waals surface area contributed by atoms with E-state index in [9.17, 15) is 9.18 Å². The first-order valence-electron chi connectivity index (χ1n) is 6.55. The molecule has 3 nitrogen and oxygen atoms in total. The highest BCUT2D eigenvalue weighted by atomic mass is 19.1. The maximum Gasteiger partial charge on any atom is 0.243 e. The number of carbonyl (C=O) groups is 1. The molecule has 1 unspecified atom stereocenters. The molecule has 2 rings (SSSR count). The molecule has 0 radical (unpaired) electrons. The number of ether oxygens (including phenoxy) is 1. The number of hydrogen-bond donors (Lipinski definition) is 1. The molecule has 2 aromatic rings. The van der Waals surface area contributed by atoms with Gasteiger partial charge in [0.1, 0.15) is 5.75 Å². The first kappa shape index (κ1) is 14.8. The Bertz CT molecular complexity index is 640. The van der Waals surface area contributed by atoms with Crippen molar-refractivity contribution in [2.24, 2.45) is 0 Å². The van der Waals surface area contributed by atoms with Gasteiger partial charge >= 0.3 is 0 Å². The maximum absolute atomic E-state index is 14.1. The standard InChI is InChI=1S/C17H16FNO2/c1-3-17(20)19-12(2)13-9-10-16(15(18)11-13)21-14-7-5-4-6-8-14/h3-12H,1H2,2H3,(H,19,20). The van der Waals surface area contributed by atoms with Gasteiger partial charge in [0.05, 0.1) is 6.04 Å². The van der Waals surface area contributed by atoms with Crippen LogP contribution in [0.5, 0.6) is 11.5 Å². The van der Waals surface area contributed by atoms with Crippen LogP contribution in [0, 0.1) is 5.82 Å². The molecule has 21 heavy (non-hydrogen) atoms. The van der Waals surface area contributed by atoms with Crippen molar-refractivity contribution in [3.05, 3.63) is 72.6 Å². The molecule has 1 amide bonds. The largest absolute Gasteiger partial charge is 0.454 e. The van der Waals surface area contributed by atoms with E-state index in [2.05, 4.69) is 11.9 Å². The number of benzene rings is 2. The molecule has 0 spiro atoms. The van der Waals surface area contributed by atoms with Crippen molar-refractivity contribution in [2.45, 2.75) is 13.0 Å². The van der Waals surface area contributed by atoms with E-state index in [1.54, 1.807) is 31.2 Å². The summed E-state index contributed by atoms with van der Waals surface area (Å²) in [5.74, 6) is -0.0621. The smallest absolute Gasteiger partial charge is 0.243 e. The summed E-state index contributed by atoms with van der Waals surface area (Å²) in [4.78, 5) is 11.2. The maximum atomic E-state index is 14.1. The van der Waals surface area contributed by atoms with Crippen LogP contribution < -0.4 is 10.1 Å². The van der Waals surface area contributed by atoms with E-state index in [1.165, 1.54) is 12.1 Å². The van der Waals surface area contributed by atoms with Crippen molar-refractivity contribution in [2.75, 3.05) is 0 Å². The molecule has 0 bridgehead atoms. The fourth-order valence-corrected chi connectivity index (χ4v) is 1.84. The minimum atomic E-state index is -0.476. The molecule has 0 aromatic heterocycles. The highest BCUT2D eigenvalue weighted by molar-refractivity contribution is 5.87. The van der Waals surface area contributed by atoms with Gasteiger partial charge in [-0.15, -0.1) is 0 Å². The third-order valence-corrected chi connectivity index (χ3v) is 2.97. The second kappa shape index (κ2) is 6.70. The van der Waals surface area contributed by atoms with E-state index in [0.29, 0.717) is 11.3 Å². The summed E-state index contributed by atoms with van der Waals surface area (Å²) in [7, 11) is 0. The molecule has 0 heterocycles. The van der Waals surface area contributed by atoms with Gasteiger partial charge in [-0.2, -0.15) is 0 Å². The molecule has 0 aliphatic carbocycles. The summed E-state index contributed by atoms with van der Waals surface area (Å²) in [5, 5.41) is 2.68. The summed E-state index contributed by atoms with van der Waals surface area (Å²) < 4.78 is 19.5. The number of carbonyl (C=O) groups excluding carboxylic acids is 1. The zero-order valence-corrected chi connectivity index (χ0v) is 11.7. The zero-order chi connectivity index (χ0) is 15.2. The SMILES string of the molecule is C=CC(=O)NC(C)c1ccc(Oc2ccccc2)c(F)c1. The molecule has 0 saturated carbocycles. The molecular formula is C17H16FNO2. The van der Waals surface area contributed by atoms with Gasteiger partial charge in [-0.3, -0.25) is 4.79 Å². The Morgan fingerprint density at radius 2 is 2.00 bits per heavy atom. The van der Waals surface area contributed by atoms with E-state index in [4.69, 9.17) is 4.74 Å². The van der Waals surface area contributed by atoms with Gasteiger partial charge < -0.3 is 10.1 Å². The topological polar surface area (TPSA) is 38.3 Å². The fraction of sp³-hybridized carbons (Fsp3) is 0.118. The Kier molecular flexibility index (Phi) is 4.72. The number of amides is 1. The van der Waals surface area contributed by atoms with Crippen LogP contribution in [0.2, 0.25) is 0 Å². The second-order valence-corrected chi connectivity index (χ2v) is 4.54. The van der Waals surface area contributed by atoms with Crippen LogP contribution in [0.1, 0.15) is 18.5 Å². The molecule has 0 aliphatic heterocycles. The molecular weight excluding hydrogens is 269 g/mol. The van der Waals surface area contributed by atoms with Gasteiger partial charge in [-0.1, -0.05) is 30.8 Å². The third kappa shape index (κ3) is 3.92. The normalized spacial score (nSPS) is 11.5. The fourth-order valence-electron chi connectivity index (χ4n) is 1.84. The molecule has 1 atom stereocenters. The lowest BCUT2D eigenvalue weighted by atomic mass is 10.1. The molecule has 4 heteroatoms. The third-order valence-electron chi connectivity index (χ3n) is 2.97. The molecule has 0 saturated heterocycles. The van der Waals surface area contributed by atoms with Crippen LogP contribution >= 0.6 is 0 Å². The lowest BCUT2D eigenvalue weighted by Crippen LogP contribution is -2.24. The van der Waals surface area contributed by atoms with Gasteiger partial charge in [-0.25, -0.2) is 4.39 Å². The van der Waals surface area contributed by atoms with E-state index < -0.39 is 5.82 Å². The van der Waals surface area contributed by atoms with Gasteiger partial charge in [0.15, 0.2) is 11.6 Å². The summed E-state index contributed by atoms with van der Waals surface area (Å²) in [6.07, 6.45) is 1.18. The second-order valence-electron chi connectivity index (χ2n) is 4.54. The van der Waals surface area contributed by atoms with E-state index in [-0.39, 0.29) is 17.7 Å². The van der Waals surface area contributed by atoms with Crippen LogP contribution in [0.3, 0.4) is 0 Å². The molecule has 1 N–H and O–H groups in total. The summed E-state index contributed by atoms with van der Waals surface area (Å²) in [5.41, 5.74) is 0.656. The van der Waals surface area contributed by atoms with Crippen LogP contribution in [0.15, 0.2) is 61.2 Å². The van der Waals surface area contributed by atoms with Crippen molar-refractivity contribution in [1.82, 2.24) is 5.32 Å². The Labute approximate surface area is 123 Å². The van der Waals surface area contributed by atoms with Crippen LogP contribution in [-0.2, 0) is 4.79 Å². The van der Waals surface area contributed by atoms with Crippen molar-refractivity contribution in [3.63, 3.8) is 0 Å². The predicted molar refractivity (Wildman–Crippen MR) is 79.7 cm³/mol. The van der Waals surface area contributed by atoms with E-state index >= 15 is 0 Å². The predicted octanol–water partition coefficient (Wildman–Crippen LogP) is 3.98. The number of hydrogen-bond acceptors (Lipinski definition) is 2.